The summed E-state index contributed by atoms with van der Waals surface area (Å²) in [4.78, 5) is 23.0. The maximum atomic E-state index is 12.0. The minimum absolute atomic E-state index is 0.0608. The van der Waals surface area contributed by atoms with E-state index < -0.39 is 6.04 Å². The number of benzene rings is 1. The summed E-state index contributed by atoms with van der Waals surface area (Å²) in [6.07, 6.45) is 0.985. The van der Waals surface area contributed by atoms with Gasteiger partial charge in [-0.15, -0.1) is 0 Å². The van der Waals surface area contributed by atoms with Gasteiger partial charge in [0.15, 0.2) is 0 Å². The first-order valence-electron chi connectivity index (χ1n) is 5.84. The number of carbonyl (C=O) groups is 2. The summed E-state index contributed by atoms with van der Waals surface area (Å²) < 4.78 is 0.850. The van der Waals surface area contributed by atoms with E-state index in [4.69, 9.17) is 0 Å². The molecule has 0 bridgehead atoms. The number of hydrogen-bond donors (Lipinski definition) is 2. The number of anilines is 1. The van der Waals surface area contributed by atoms with Crippen LogP contribution < -0.4 is 10.6 Å². The molecule has 1 atom stereocenters. The molecule has 0 spiro atoms. The highest BCUT2D eigenvalue weighted by Gasteiger charge is 2.27. The number of aryl methyl sites for hydroxylation is 2. The Morgan fingerprint density at radius 3 is 2.67 bits per heavy atom. The van der Waals surface area contributed by atoms with E-state index in [1.54, 1.807) is 0 Å². The van der Waals surface area contributed by atoms with Crippen LogP contribution in [0.15, 0.2) is 16.6 Å². The second-order valence-corrected chi connectivity index (χ2v) is 5.42. The first-order chi connectivity index (χ1) is 8.47. The van der Waals surface area contributed by atoms with E-state index in [9.17, 15) is 9.59 Å². The highest BCUT2D eigenvalue weighted by molar-refractivity contribution is 9.10. The zero-order valence-corrected chi connectivity index (χ0v) is 11.9. The van der Waals surface area contributed by atoms with E-state index >= 15 is 0 Å². The first-order valence-corrected chi connectivity index (χ1v) is 6.63. The van der Waals surface area contributed by atoms with Gasteiger partial charge >= 0.3 is 0 Å². The van der Waals surface area contributed by atoms with Gasteiger partial charge in [-0.2, -0.15) is 0 Å². The van der Waals surface area contributed by atoms with Crippen molar-refractivity contribution in [3.05, 3.63) is 27.7 Å². The summed E-state index contributed by atoms with van der Waals surface area (Å²) in [7, 11) is 0. The van der Waals surface area contributed by atoms with Gasteiger partial charge in [0.25, 0.3) is 0 Å². The van der Waals surface area contributed by atoms with E-state index in [-0.39, 0.29) is 11.8 Å². The van der Waals surface area contributed by atoms with E-state index in [1.165, 1.54) is 0 Å². The molecule has 4 nitrogen and oxygen atoms in total. The average molecular weight is 311 g/mol. The highest BCUT2D eigenvalue weighted by Crippen LogP contribution is 2.26. The largest absolute Gasteiger partial charge is 0.344 e. The Morgan fingerprint density at radius 1 is 1.39 bits per heavy atom. The molecule has 5 heteroatoms. The van der Waals surface area contributed by atoms with Gasteiger partial charge in [0, 0.05) is 10.9 Å². The van der Waals surface area contributed by atoms with E-state index in [0.717, 1.165) is 21.3 Å². The third kappa shape index (κ3) is 2.72. The molecule has 1 heterocycles. The van der Waals surface area contributed by atoms with E-state index in [0.29, 0.717) is 12.8 Å². The van der Waals surface area contributed by atoms with Crippen molar-refractivity contribution >= 4 is 33.4 Å². The van der Waals surface area contributed by atoms with Crippen LogP contribution in [0.2, 0.25) is 0 Å². The predicted molar refractivity (Wildman–Crippen MR) is 73.4 cm³/mol. The fraction of sp³-hybridized carbons (Fsp3) is 0.385. The van der Waals surface area contributed by atoms with Gasteiger partial charge in [-0.05, 0) is 59.5 Å². The van der Waals surface area contributed by atoms with Crippen molar-refractivity contribution in [2.75, 3.05) is 5.32 Å². The topological polar surface area (TPSA) is 58.2 Å². The van der Waals surface area contributed by atoms with E-state index in [2.05, 4.69) is 26.6 Å². The number of hydrogen-bond acceptors (Lipinski definition) is 2. The Hall–Kier alpha value is -1.36. The Bertz CT molecular complexity index is 514. The van der Waals surface area contributed by atoms with Crippen LogP contribution >= 0.6 is 15.9 Å². The SMILES string of the molecule is Cc1cc(Br)c(NC(=O)[C@@H]2CCC(=O)N2)cc1C. The van der Waals surface area contributed by atoms with Gasteiger partial charge in [-0.25, -0.2) is 0 Å². The maximum absolute atomic E-state index is 12.0. The molecule has 0 unspecified atom stereocenters. The maximum Gasteiger partial charge on any atom is 0.246 e. The molecular formula is C13H15BrN2O2. The monoisotopic (exact) mass is 310 g/mol. The van der Waals surface area contributed by atoms with Crippen molar-refractivity contribution < 1.29 is 9.59 Å². The Morgan fingerprint density at radius 2 is 2.06 bits per heavy atom. The highest BCUT2D eigenvalue weighted by atomic mass is 79.9. The Kier molecular flexibility index (Phi) is 3.71. The van der Waals surface area contributed by atoms with Crippen LogP contribution in [0, 0.1) is 13.8 Å². The van der Waals surface area contributed by atoms with Crippen LogP contribution in [0.3, 0.4) is 0 Å². The van der Waals surface area contributed by atoms with Crippen molar-refractivity contribution in [1.29, 1.82) is 0 Å². The standard InChI is InChI=1S/C13H15BrN2O2/c1-7-5-9(14)11(6-8(7)2)16-13(18)10-3-4-12(17)15-10/h5-6,10H,3-4H2,1-2H3,(H,15,17)(H,16,18)/t10-/m0/s1. The van der Waals surface area contributed by atoms with Crippen molar-refractivity contribution in [2.45, 2.75) is 32.7 Å². The molecule has 96 valence electrons. The number of halogens is 1. The molecule has 0 saturated carbocycles. The lowest BCUT2D eigenvalue weighted by Gasteiger charge is -2.13. The van der Waals surface area contributed by atoms with Crippen LogP contribution in [0.1, 0.15) is 24.0 Å². The molecule has 0 aromatic heterocycles. The molecule has 1 aromatic carbocycles. The molecule has 1 fully saturated rings. The third-order valence-corrected chi connectivity index (χ3v) is 3.81. The minimum atomic E-state index is -0.411. The van der Waals surface area contributed by atoms with Crippen LogP contribution in [-0.2, 0) is 9.59 Å². The summed E-state index contributed by atoms with van der Waals surface area (Å²) in [6.45, 7) is 4.01. The zero-order chi connectivity index (χ0) is 13.3. The summed E-state index contributed by atoms with van der Waals surface area (Å²) in [5, 5.41) is 5.49. The average Bonchev–Trinajstić information content (AvgIpc) is 2.73. The Balaban J connectivity index is 2.12. The van der Waals surface area contributed by atoms with Crippen LogP contribution in [0.4, 0.5) is 5.69 Å². The lowest BCUT2D eigenvalue weighted by Crippen LogP contribution is -2.37. The minimum Gasteiger partial charge on any atom is -0.344 e. The van der Waals surface area contributed by atoms with Gasteiger partial charge in [0.2, 0.25) is 11.8 Å². The molecular weight excluding hydrogens is 296 g/mol. The molecule has 0 aliphatic carbocycles. The van der Waals surface area contributed by atoms with Crippen molar-refractivity contribution in [1.82, 2.24) is 5.32 Å². The van der Waals surface area contributed by atoms with Crippen molar-refractivity contribution in [3.8, 4) is 0 Å². The zero-order valence-electron chi connectivity index (χ0n) is 10.3. The molecule has 1 aromatic rings. The van der Waals surface area contributed by atoms with E-state index in [1.807, 2.05) is 26.0 Å². The second kappa shape index (κ2) is 5.10. The number of nitrogens with one attached hydrogen (secondary N) is 2. The predicted octanol–water partition coefficient (Wildman–Crippen LogP) is 2.28. The number of carbonyl (C=O) groups excluding carboxylic acids is 2. The van der Waals surface area contributed by atoms with Crippen molar-refractivity contribution in [2.24, 2.45) is 0 Å². The van der Waals surface area contributed by atoms with Gasteiger partial charge in [0.1, 0.15) is 6.04 Å². The van der Waals surface area contributed by atoms with Crippen LogP contribution in [-0.4, -0.2) is 17.9 Å². The number of rotatable bonds is 2. The summed E-state index contributed by atoms with van der Waals surface area (Å²) in [6, 6.07) is 3.48. The lowest BCUT2D eigenvalue weighted by atomic mass is 10.1. The van der Waals surface area contributed by atoms with Gasteiger partial charge < -0.3 is 10.6 Å². The molecule has 2 amide bonds. The van der Waals surface area contributed by atoms with Gasteiger partial charge in [-0.3, -0.25) is 9.59 Å². The van der Waals surface area contributed by atoms with Crippen LogP contribution in [0.5, 0.6) is 0 Å². The lowest BCUT2D eigenvalue weighted by molar-refractivity contribution is -0.122. The quantitative estimate of drug-likeness (QED) is 0.880. The molecule has 18 heavy (non-hydrogen) atoms. The molecule has 1 aliphatic rings. The Labute approximate surface area is 114 Å². The van der Waals surface area contributed by atoms with Crippen LogP contribution in [0.25, 0.3) is 0 Å². The second-order valence-electron chi connectivity index (χ2n) is 4.56. The van der Waals surface area contributed by atoms with Crippen molar-refractivity contribution in [3.63, 3.8) is 0 Å². The fourth-order valence-electron chi connectivity index (χ4n) is 1.91. The summed E-state index contributed by atoms with van der Waals surface area (Å²) in [5.41, 5.74) is 3.02. The van der Waals surface area contributed by atoms with Gasteiger partial charge in [0.05, 0.1) is 5.69 Å². The molecule has 2 N–H and O–H groups in total. The number of amides is 2. The third-order valence-electron chi connectivity index (χ3n) is 3.15. The fourth-order valence-corrected chi connectivity index (χ4v) is 2.46. The van der Waals surface area contributed by atoms with Gasteiger partial charge in [-0.1, -0.05) is 0 Å². The smallest absolute Gasteiger partial charge is 0.246 e. The summed E-state index contributed by atoms with van der Waals surface area (Å²) in [5.74, 6) is -0.223. The molecule has 1 saturated heterocycles. The molecule has 2 rings (SSSR count). The molecule has 1 aliphatic heterocycles. The molecule has 0 radical (unpaired) electrons. The summed E-state index contributed by atoms with van der Waals surface area (Å²) >= 11 is 3.43. The first kappa shape index (κ1) is 13.1. The normalized spacial score (nSPS) is 18.6.